The lowest BCUT2D eigenvalue weighted by Crippen LogP contribution is -2.07. The molecule has 0 aliphatic carbocycles. The maximum absolute atomic E-state index is 5.77. The standard InChI is InChI=1S/C14H17NS/c1-10(2)11(8-15)7-12-9-16-14-6-4-3-5-13(12)14/h3-7,9-10H,8,15H2,1-2H3. The molecule has 0 spiro atoms. The predicted molar refractivity (Wildman–Crippen MR) is 73.7 cm³/mol. The highest BCUT2D eigenvalue weighted by atomic mass is 32.1. The Hall–Kier alpha value is -1.12. The highest BCUT2D eigenvalue weighted by Crippen LogP contribution is 2.28. The Kier molecular flexibility index (Phi) is 3.42. The minimum Gasteiger partial charge on any atom is -0.327 e. The number of benzene rings is 1. The Morgan fingerprint density at radius 2 is 2.12 bits per heavy atom. The molecule has 2 heteroatoms. The zero-order valence-corrected chi connectivity index (χ0v) is 10.6. The van der Waals surface area contributed by atoms with Crippen LogP contribution in [-0.2, 0) is 0 Å². The van der Waals surface area contributed by atoms with Crippen molar-refractivity contribution >= 4 is 27.5 Å². The summed E-state index contributed by atoms with van der Waals surface area (Å²) in [7, 11) is 0. The SMILES string of the molecule is CC(C)C(=Cc1csc2ccccc12)CN. The number of nitrogens with two attached hydrogens (primary N) is 1. The zero-order valence-electron chi connectivity index (χ0n) is 9.73. The van der Waals surface area contributed by atoms with Gasteiger partial charge in [0, 0.05) is 11.2 Å². The van der Waals surface area contributed by atoms with Crippen molar-refractivity contribution in [3.8, 4) is 0 Å². The molecule has 0 saturated heterocycles. The van der Waals surface area contributed by atoms with E-state index in [1.807, 2.05) is 0 Å². The van der Waals surface area contributed by atoms with Gasteiger partial charge in [0.05, 0.1) is 0 Å². The average Bonchev–Trinajstić information content (AvgIpc) is 2.69. The van der Waals surface area contributed by atoms with E-state index in [1.165, 1.54) is 21.2 Å². The summed E-state index contributed by atoms with van der Waals surface area (Å²) in [5.41, 5.74) is 8.38. The van der Waals surface area contributed by atoms with Gasteiger partial charge >= 0.3 is 0 Å². The molecule has 0 saturated carbocycles. The van der Waals surface area contributed by atoms with E-state index in [4.69, 9.17) is 5.73 Å². The third-order valence-electron chi connectivity index (χ3n) is 2.83. The number of thiophene rings is 1. The summed E-state index contributed by atoms with van der Waals surface area (Å²) in [6, 6.07) is 8.50. The quantitative estimate of drug-likeness (QED) is 0.852. The molecule has 2 rings (SSSR count). The molecule has 1 aromatic carbocycles. The first kappa shape index (κ1) is 11.4. The summed E-state index contributed by atoms with van der Waals surface area (Å²) in [4.78, 5) is 0. The van der Waals surface area contributed by atoms with Crippen molar-refractivity contribution in [3.63, 3.8) is 0 Å². The largest absolute Gasteiger partial charge is 0.327 e. The first-order valence-corrected chi connectivity index (χ1v) is 6.47. The van der Waals surface area contributed by atoms with Crippen molar-refractivity contribution in [3.05, 3.63) is 40.8 Å². The van der Waals surface area contributed by atoms with Crippen LogP contribution in [0, 0.1) is 5.92 Å². The van der Waals surface area contributed by atoms with Crippen molar-refractivity contribution in [1.82, 2.24) is 0 Å². The summed E-state index contributed by atoms with van der Waals surface area (Å²) < 4.78 is 1.34. The smallest absolute Gasteiger partial charge is 0.0348 e. The van der Waals surface area contributed by atoms with Crippen molar-refractivity contribution in [1.29, 1.82) is 0 Å². The zero-order chi connectivity index (χ0) is 11.5. The van der Waals surface area contributed by atoms with E-state index < -0.39 is 0 Å². The van der Waals surface area contributed by atoms with Gasteiger partial charge in [0.2, 0.25) is 0 Å². The Morgan fingerprint density at radius 1 is 1.38 bits per heavy atom. The van der Waals surface area contributed by atoms with Crippen molar-refractivity contribution in [2.24, 2.45) is 11.7 Å². The van der Waals surface area contributed by atoms with Gasteiger partial charge in [-0.05, 0) is 28.3 Å². The Bertz CT molecular complexity index is 508. The van der Waals surface area contributed by atoms with Gasteiger partial charge in [0.25, 0.3) is 0 Å². The molecule has 1 aromatic heterocycles. The summed E-state index contributed by atoms with van der Waals surface area (Å²) in [5, 5.41) is 3.54. The molecule has 0 amide bonds. The van der Waals surface area contributed by atoms with Crippen LogP contribution in [0.15, 0.2) is 35.2 Å². The minimum atomic E-state index is 0.517. The van der Waals surface area contributed by atoms with Crippen LogP contribution < -0.4 is 5.73 Å². The van der Waals surface area contributed by atoms with E-state index >= 15 is 0 Å². The van der Waals surface area contributed by atoms with E-state index in [9.17, 15) is 0 Å². The van der Waals surface area contributed by atoms with Crippen LogP contribution in [0.4, 0.5) is 0 Å². The molecule has 2 N–H and O–H groups in total. The molecular weight excluding hydrogens is 214 g/mol. The highest BCUT2D eigenvalue weighted by molar-refractivity contribution is 7.17. The lowest BCUT2D eigenvalue weighted by molar-refractivity contribution is 0.753. The van der Waals surface area contributed by atoms with Crippen LogP contribution in [-0.4, -0.2) is 6.54 Å². The molecule has 0 fully saturated rings. The monoisotopic (exact) mass is 231 g/mol. The van der Waals surface area contributed by atoms with Crippen LogP contribution in [0.25, 0.3) is 16.2 Å². The molecule has 0 unspecified atom stereocenters. The summed E-state index contributed by atoms with van der Waals surface area (Å²) in [5.74, 6) is 0.517. The number of hydrogen-bond donors (Lipinski definition) is 1. The minimum absolute atomic E-state index is 0.517. The van der Waals surface area contributed by atoms with Gasteiger partial charge in [-0.3, -0.25) is 0 Å². The second kappa shape index (κ2) is 4.81. The highest BCUT2D eigenvalue weighted by Gasteiger charge is 2.04. The molecule has 1 nitrogen and oxygen atoms in total. The molecule has 0 bridgehead atoms. The van der Waals surface area contributed by atoms with Crippen molar-refractivity contribution < 1.29 is 0 Å². The van der Waals surface area contributed by atoms with Crippen LogP contribution in [0.5, 0.6) is 0 Å². The fourth-order valence-electron chi connectivity index (χ4n) is 1.77. The topological polar surface area (TPSA) is 26.0 Å². The average molecular weight is 231 g/mol. The van der Waals surface area contributed by atoms with Crippen molar-refractivity contribution in [2.75, 3.05) is 6.54 Å². The lowest BCUT2D eigenvalue weighted by Gasteiger charge is -2.07. The van der Waals surface area contributed by atoms with Crippen molar-refractivity contribution in [2.45, 2.75) is 13.8 Å². The number of fused-ring (bicyclic) bond motifs is 1. The Labute approximate surface area is 101 Å². The van der Waals surface area contributed by atoms with E-state index in [0.717, 1.165) is 0 Å². The first-order chi connectivity index (χ1) is 7.72. The summed E-state index contributed by atoms with van der Waals surface area (Å²) >= 11 is 1.79. The van der Waals surface area contributed by atoms with Crippen LogP contribution in [0.3, 0.4) is 0 Å². The number of hydrogen-bond acceptors (Lipinski definition) is 2. The normalized spacial score (nSPS) is 12.6. The molecule has 84 valence electrons. The lowest BCUT2D eigenvalue weighted by atomic mass is 10.0. The second-order valence-corrected chi connectivity index (χ2v) is 5.18. The Morgan fingerprint density at radius 3 is 2.81 bits per heavy atom. The van der Waals surface area contributed by atoms with Gasteiger partial charge in [-0.25, -0.2) is 0 Å². The van der Waals surface area contributed by atoms with Gasteiger partial charge in [0.1, 0.15) is 0 Å². The van der Waals surface area contributed by atoms with E-state index in [0.29, 0.717) is 12.5 Å². The van der Waals surface area contributed by atoms with E-state index in [2.05, 4.69) is 49.6 Å². The van der Waals surface area contributed by atoms with Crippen LogP contribution >= 0.6 is 11.3 Å². The molecule has 0 atom stereocenters. The van der Waals surface area contributed by atoms with E-state index in [1.54, 1.807) is 11.3 Å². The maximum atomic E-state index is 5.77. The third kappa shape index (κ3) is 2.18. The van der Waals surface area contributed by atoms with Crippen LogP contribution in [0.2, 0.25) is 0 Å². The van der Waals surface area contributed by atoms with E-state index in [-0.39, 0.29) is 0 Å². The molecule has 0 aliphatic heterocycles. The molecule has 2 aromatic rings. The second-order valence-electron chi connectivity index (χ2n) is 4.27. The van der Waals surface area contributed by atoms with Gasteiger partial charge in [-0.15, -0.1) is 11.3 Å². The van der Waals surface area contributed by atoms with Gasteiger partial charge in [-0.2, -0.15) is 0 Å². The molecule has 1 heterocycles. The molecule has 0 aliphatic rings. The molecule has 0 radical (unpaired) electrons. The number of rotatable bonds is 3. The Balaban J connectivity index is 2.48. The first-order valence-electron chi connectivity index (χ1n) is 5.59. The molecular formula is C14H17NS. The third-order valence-corrected chi connectivity index (χ3v) is 3.81. The fourth-order valence-corrected chi connectivity index (χ4v) is 2.69. The van der Waals surface area contributed by atoms with Crippen LogP contribution in [0.1, 0.15) is 19.4 Å². The summed E-state index contributed by atoms with van der Waals surface area (Å²) in [6.45, 7) is 5.02. The maximum Gasteiger partial charge on any atom is 0.0348 e. The summed E-state index contributed by atoms with van der Waals surface area (Å²) in [6.07, 6.45) is 2.24. The van der Waals surface area contributed by atoms with Gasteiger partial charge < -0.3 is 5.73 Å². The van der Waals surface area contributed by atoms with Gasteiger partial charge in [-0.1, -0.05) is 43.7 Å². The predicted octanol–water partition coefficient (Wildman–Crippen LogP) is 3.90. The van der Waals surface area contributed by atoms with Gasteiger partial charge in [0.15, 0.2) is 0 Å². The molecule has 16 heavy (non-hydrogen) atoms. The fraction of sp³-hybridized carbons (Fsp3) is 0.286.